The van der Waals surface area contributed by atoms with Crippen LogP contribution in [0.1, 0.15) is 12.0 Å². The maximum atomic E-state index is 13.1. The number of carbonyl (C=O) groups excluding carboxylic acids is 1. The first-order valence-electron chi connectivity index (χ1n) is 8.30. The molecule has 1 fully saturated rings. The third kappa shape index (κ3) is 4.48. The first-order valence-corrected chi connectivity index (χ1v) is 10.2. The number of rotatable bonds is 5. The lowest BCUT2D eigenvalue weighted by Crippen LogP contribution is -2.32. The minimum Gasteiger partial charge on any atom is -0.312 e. The summed E-state index contributed by atoms with van der Waals surface area (Å²) in [6.45, 7) is 0.105. The van der Waals surface area contributed by atoms with Crippen molar-refractivity contribution in [1.29, 1.82) is 0 Å². The van der Waals surface area contributed by atoms with E-state index in [0.717, 1.165) is 18.2 Å². The molecular weight excluding hydrogens is 417 g/mol. The molecule has 28 heavy (non-hydrogen) atoms. The van der Waals surface area contributed by atoms with Gasteiger partial charge in [0.05, 0.1) is 10.5 Å². The minimum absolute atomic E-state index is 0.0893. The maximum Gasteiger partial charge on any atom is 0.417 e. The minimum atomic E-state index is -4.79. The molecule has 5 nitrogen and oxygen atoms in total. The number of benzene rings is 2. The molecule has 2 aromatic rings. The molecule has 3 rings (SSSR count). The van der Waals surface area contributed by atoms with Gasteiger partial charge in [-0.2, -0.15) is 13.2 Å². The molecule has 1 N–H and O–H groups in total. The average molecular weight is 433 g/mol. The fourth-order valence-corrected chi connectivity index (χ4v) is 4.50. The molecule has 0 radical (unpaired) electrons. The van der Waals surface area contributed by atoms with E-state index >= 15 is 0 Å². The zero-order valence-electron chi connectivity index (χ0n) is 14.4. The summed E-state index contributed by atoms with van der Waals surface area (Å²) in [6, 6.07) is 10.6. The second-order valence-corrected chi connectivity index (χ2v) is 8.57. The fraction of sp³-hybridized carbons (Fsp3) is 0.278. The highest BCUT2D eigenvalue weighted by Gasteiger charge is 2.37. The van der Waals surface area contributed by atoms with E-state index in [4.69, 9.17) is 11.6 Å². The van der Waals surface area contributed by atoms with Crippen molar-refractivity contribution in [2.75, 3.05) is 18.0 Å². The van der Waals surface area contributed by atoms with Gasteiger partial charge in [-0.15, -0.1) is 0 Å². The Kier molecular flexibility index (Phi) is 5.69. The number of nitrogens with one attached hydrogen (secondary N) is 1. The first kappa shape index (κ1) is 20.6. The Hall–Kier alpha value is -2.10. The topological polar surface area (TPSA) is 66.5 Å². The van der Waals surface area contributed by atoms with Gasteiger partial charge in [0.25, 0.3) is 0 Å². The number of alkyl halides is 3. The van der Waals surface area contributed by atoms with Gasteiger partial charge in [-0.1, -0.05) is 23.7 Å². The third-order valence-electron chi connectivity index (χ3n) is 4.39. The summed E-state index contributed by atoms with van der Waals surface area (Å²) < 4.78 is 66.3. The number of hydrogen-bond acceptors (Lipinski definition) is 3. The highest BCUT2D eigenvalue weighted by Crippen LogP contribution is 2.34. The SMILES string of the molecule is O=C1C[C@@H](CNS(=O)(=O)c2ccccc2C(F)(F)F)CN1c1ccc(Cl)cc1. The van der Waals surface area contributed by atoms with Crippen LogP contribution in [0.5, 0.6) is 0 Å². The van der Waals surface area contributed by atoms with E-state index in [1.54, 1.807) is 24.3 Å². The van der Waals surface area contributed by atoms with Crippen molar-refractivity contribution in [2.24, 2.45) is 5.92 Å². The number of carbonyl (C=O) groups is 1. The Balaban J connectivity index is 1.71. The predicted octanol–water partition coefficient (Wildman–Crippen LogP) is 3.69. The van der Waals surface area contributed by atoms with Crippen LogP contribution in [0.3, 0.4) is 0 Å². The van der Waals surface area contributed by atoms with Crippen LogP contribution in [-0.2, 0) is 21.0 Å². The summed E-state index contributed by atoms with van der Waals surface area (Å²) in [5, 5.41) is 0.517. The Morgan fingerprint density at radius 2 is 1.75 bits per heavy atom. The van der Waals surface area contributed by atoms with Crippen LogP contribution in [-0.4, -0.2) is 27.4 Å². The molecule has 0 aromatic heterocycles. The van der Waals surface area contributed by atoms with Crippen LogP contribution in [0.2, 0.25) is 5.02 Å². The highest BCUT2D eigenvalue weighted by atomic mass is 35.5. The van der Waals surface area contributed by atoms with E-state index in [-0.39, 0.29) is 31.3 Å². The number of halogens is 4. The molecule has 1 aliphatic heterocycles. The van der Waals surface area contributed by atoms with Crippen molar-refractivity contribution in [2.45, 2.75) is 17.5 Å². The lowest BCUT2D eigenvalue weighted by Gasteiger charge is -2.18. The van der Waals surface area contributed by atoms with Crippen LogP contribution in [0.25, 0.3) is 0 Å². The standard InChI is InChI=1S/C18H16ClF3N2O3S/c19-13-5-7-14(8-6-13)24-11-12(9-17(24)25)10-23-28(26,27)16-4-2-1-3-15(16)18(20,21)22/h1-8,12,23H,9-11H2/t12-/m0/s1. The first-order chi connectivity index (χ1) is 13.1. The molecule has 1 heterocycles. The quantitative estimate of drug-likeness (QED) is 0.783. The number of sulfonamides is 1. The monoisotopic (exact) mass is 432 g/mol. The normalized spacial score (nSPS) is 17.9. The summed E-state index contributed by atoms with van der Waals surface area (Å²) in [7, 11) is -4.38. The average Bonchev–Trinajstić information content (AvgIpc) is 3.01. The summed E-state index contributed by atoms with van der Waals surface area (Å²) in [4.78, 5) is 12.9. The van der Waals surface area contributed by atoms with Crippen LogP contribution < -0.4 is 9.62 Å². The van der Waals surface area contributed by atoms with Crippen molar-refractivity contribution in [3.63, 3.8) is 0 Å². The molecule has 0 aliphatic carbocycles. The molecule has 1 saturated heterocycles. The second-order valence-electron chi connectivity index (χ2n) is 6.40. The maximum absolute atomic E-state index is 13.1. The van der Waals surface area contributed by atoms with Gasteiger partial charge in [0, 0.05) is 30.2 Å². The highest BCUT2D eigenvalue weighted by molar-refractivity contribution is 7.89. The van der Waals surface area contributed by atoms with E-state index < -0.39 is 26.7 Å². The molecule has 0 saturated carbocycles. The number of hydrogen-bond donors (Lipinski definition) is 1. The van der Waals surface area contributed by atoms with Crippen LogP contribution in [0, 0.1) is 5.92 Å². The molecule has 0 bridgehead atoms. The van der Waals surface area contributed by atoms with Crippen molar-refractivity contribution in [3.05, 3.63) is 59.1 Å². The van der Waals surface area contributed by atoms with Gasteiger partial charge in [0.2, 0.25) is 15.9 Å². The van der Waals surface area contributed by atoms with Crippen LogP contribution >= 0.6 is 11.6 Å². The van der Waals surface area contributed by atoms with Gasteiger partial charge in [0.1, 0.15) is 0 Å². The molecule has 1 amide bonds. The smallest absolute Gasteiger partial charge is 0.312 e. The molecule has 1 atom stereocenters. The van der Waals surface area contributed by atoms with E-state index in [9.17, 15) is 26.4 Å². The lowest BCUT2D eigenvalue weighted by molar-refractivity contribution is -0.139. The third-order valence-corrected chi connectivity index (χ3v) is 6.12. The molecule has 150 valence electrons. The Morgan fingerprint density at radius 1 is 1.11 bits per heavy atom. The number of anilines is 1. The molecule has 1 aliphatic rings. The lowest BCUT2D eigenvalue weighted by atomic mass is 10.1. The zero-order chi connectivity index (χ0) is 20.5. The Bertz CT molecular complexity index is 978. The summed E-state index contributed by atoms with van der Waals surface area (Å²) >= 11 is 5.83. The Morgan fingerprint density at radius 3 is 2.39 bits per heavy atom. The van der Waals surface area contributed by atoms with Gasteiger partial charge in [-0.3, -0.25) is 4.79 Å². The molecule has 10 heteroatoms. The second kappa shape index (κ2) is 7.73. The van der Waals surface area contributed by atoms with E-state index in [1.165, 1.54) is 11.0 Å². The Labute approximate surface area is 165 Å². The zero-order valence-corrected chi connectivity index (χ0v) is 16.0. The van der Waals surface area contributed by atoms with Crippen molar-refractivity contribution < 1.29 is 26.4 Å². The fourth-order valence-electron chi connectivity index (χ4n) is 3.03. The van der Waals surface area contributed by atoms with Gasteiger partial charge >= 0.3 is 6.18 Å². The summed E-state index contributed by atoms with van der Waals surface area (Å²) in [5.74, 6) is -0.557. The summed E-state index contributed by atoms with van der Waals surface area (Å²) in [5.41, 5.74) is -0.602. The van der Waals surface area contributed by atoms with Gasteiger partial charge in [0.15, 0.2) is 0 Å². The van der Waals surface area contributed by atoms with E-state index in [1.807, 2.05) is 0 Å². The van der Waals surface area contributed by atoms with E-state index in [2.05, 4.69) is 4.72 Å². The van der Waals surface area contributed by atoms with Crippen molar-refractivity contribution in [3.8, 4) is 0 Å². The van der Waals surface area contributed by atoms with Crippen LogP contribution in [0.15, 0.2) is 53.4 Å². The molecule has 0 spiro atoms. The van der Waals surface area contributed by atoms with E-state index in [0.29, 0.717) is 10.7 Å². The number of amides is 1. The molecule has 2 aromatic carbocycles. The number of nitrogens with zero attached hydrogens (tertiary/aromatic N) is 1. The summed E-state index contributed by atoms with van der Waals surface area (Å²) in [6.07, 6.45) is -4.70. The van der Waals surface area contributed by atoms with Gasteiger partial charge in [-0.05, 0) is 42.3 Å². The van der Waals surface area contributed by atoms with Crippen LogP contribution in [0.4, 0.5) is 18.9 Å². The predicted molar refractivity (Wildman–Crippen MR) is 98.5 cm³/mol. The van der Waals surface area contributed by atoms with Gasteiger partial charge in [-0.25, -0.2) is 13.1 Å². The molecule has 0 unspecified atom stereocenters. The van der Waals surface area contributed by atoms with Gasteiger partial charge < -0.3 is 4.90 Å². The largest absolute Gasteiger partial charge is 0.417 e. The van der Waals surface area contributed by atoms with Crippen molar-refractivity contribution in [1.82, 2.24) is 4.72 Å². The van der Waals surface area contributed by atoms with Crippen molar-refractivity contribution >= 4 is 33.2 Å². The molecular formula is C18H16ClF3N2O3S.